The van der Waals surface area contributed by atoms with Gasteiger partial charge in [-0.3, -0.25) is 0 Å². The Morgan fingerprint density at radius 3 is 2.41 bits per heavy atom. The highest BCUT2D eigenvalue weighted by Gasteiger charge is 2.12. The van der Waals surface area contributed by atoms with Gasteiger partial charge in [0, 0.05) is 11.0 Å². The third-order valence-electron chi connectivity index (χ3n) is 6.27. The molecule has 0 amide bonds. The van der Waals surface area contributed by atoms with Crippen molar-refractivity contribution >= 4 is 33.7 Å². The highest BCUT2D eigenvalue weighted by Crippen LogP contribution is 2.34. The van der Waals surface area contributed by atoms with E-state index >= 15 is 0 Å². The van der Waals surface area contributed by atoms with E-state index < -0.39 is 0 Å². The minimum Gasteiger partial charge on any atom is -0.457 e. The van der Waals surface area contributed by atoms with E-state index in [4.69, 9.17) is 16.3 Å². The fraction of sp³-hybridized carbons (Fsp3) is 0.0882. The van der Waals surface area contributed by atoms with Gasteiger partial charge in [-0.05, 0) is 78.3 Å². The molecule has 3 heteroatoms. The zero-order valence-corrected chi connectivity index (χ0v) is 22.2. The van der Waals surface area contributed by atoms with Gasteiger partial charge in [-0.15, -0.1) is 0 Å². The van der Waals surface area contributed by atoms with Crippen molar-refractivity contribution in [2.24, 2.45) is 4.99 Å². The van der Waals surface area contributed by atoms with Crippen molar-refractivity contribution in [1.29, 1.82) is 0 Å². The van der Waals surface area contributed by atoms with Crippen molar-refractivity contribution < 1.29 is 4.74 Å². The number of aliphatic imine (C=N–C) groups is 1. The van der Waals surface area contributed by atoms with E-state index in [2.05, 4.69) is 92.7 Å². The van der Waals surface area contributed by atoms with Crippen LogP contribution in [-0.2, 0) is 0 Å². The van der Waals surface area contributed by atoms with Crippen LogP contribution in [-0.4, -0.2) is 5.71 Å². The van der Waals surface area contributed by atoms with Crippen molar-refractivity contribution in [3.05, 3.63) is 144 Å². The van der Waals surface area contributed by atoms with Gasteiger partial charge in [-0.1, -0.05) is 104 Å². The number of ether oxygens (including phenoxy) is 1. The molecule has 0 saturated heterocycles. The maximum Gasteiger partial charge on any atom is 0.138 e. The first-order chi connectivity index (χ1) is 17.9. The minimum absolute atomic E-state index is 0.269. The Labute approximate surface area is 224 Å². The Hall–Kier alpha value is -4.14. The molecular weight excluding hydrogens is 474 g/mol. The molecule has 4 rings (SSSR count). The summed E-state index contributed by atoms with van der Waals surface area (Å²) in [5.74, 6) is 1.65. The third kappa shape index (κ3) is 5.99. The molecule has 0 atom stereocenters. The number of benzene rings is 3. The molecule has 0 aliphatic heterocycles. The normalized spacial score (nSPS) is 16.0. The van der Waals surface area contributed by atoms with Crippen molar-refractivity contribution in [3.8, 4) is 16.9 Å². The molecule has 0 spiro atoms. The molecule has 0 heterocycles. The van der Waals surface area contributed by atoms with Gasteiger partial charge in [0.05, 0.1) is 5.71 Å². The third-order valence-corrected chi connectivity index (χ3v) is 6.35. The summed E-state index contributed by atoms with van der Waals surface area (Å²) >= 11 is 5.95. The Kier molecular flexibility index (Phi) is 8.22. The molecule has 0 N–H and O–H groups in total. The van der Waals surface area contributed by atoms with Gasteiger partial charge in [-0.25, -0.2) is 4.99 Å². The quantitative estimate of drug-likeness (QED) is 0.178. The standard InChI is InChI=1S/C34H30ClNO/c1-6-8-11-30(7-2)37-34-23(3)14-15-29-22-28(20-21-32(29)34)27-18-16-26(17-19-27)24(4)31-12-9-10-13-33(31)36-25(5)35/h6-22H,1,5H2,2-4H3/b11-8-,30-7+,31-24+,36-33-. The van der Waals surface area contributed by atoms with Gasteiger partial charge in [-0.2, -0.15) is 0 Å². The first-order valence-corrected chi connectivity index (χ1v) is 12.6. The fourth-order valence-electron chi connectivity index (χ4n) is 4.28. The molecule has 3 aromatic carbocycles. The summed E-state index contributed by atoms with van der Waals surface area (Å²) in [4.78, 5) is 4.38. The van der Waals surface area contributed by atoms with E-state index in [1.807, 2.05) is 43.4 Å². The van der Waals surface area contributed by atoms with Crippen molar-refractivity contribution in [2.45, 2.75) is 20.8 Å². The Balaban J connectivity index is 1.67. The Bertz CT molecular complexity index is 1540. The van der Waals surface area contributed by atoms with Crippen LogP contribution in [0.25, 0.3) is 27.5 Å². The predicted octanol–water partition coefficient (Wildman–Crippen LogP) is 9.89. The number of rotatable bonds is 7. The van der Waals surface area contributed by atoms with Gasteiger partial charge < -0.3 is 4.74 Å². The lowest BCUT2D eigenvalue weighted by atomic mass is 9.93. The summed E-state index contributed by atoms with van der Waals surface area (Å²) in [6.07, 6.45) is 15.4. The van der Waals surface area contributed by atoms with Gasteiger partial charge >= 0.3 is 0 Å². The molecular formula is C34H30ClNO. The van der Waals surface area contributed by atoms with Crippen molar-refractivity contribution in [3.63, 3.8) is 0 Å². The second-order valence-corrected chi connectivity index (χ2v) is 9.18. The van der Waals surface area contributed by atoms with Crippen LogP contribution >= 0.6 is 11.6 Å². The smallest absolute Gasteiger partial charge is 0.138 e. The second-order valence-electron chi connectivity index (χ2n) is 8.74. The SMILES string of the molecule is C=C/C=C\C(=C/C)Oc1c(C)ccc2cc(-c3ccc(/C(C)=C4\C=CC=C\C4=N\C(=C)Cl)cc3)ccc12. The van der Waals surface area contributed by atoms with E-state index in [1.54, 1.807) is 6.08 Å². The molecule has 0 fully saturated rings. The number of fused-ring (bicyclic) bond motifs is 1. The van der Waals surface area contributed by atoms with Gasteiger partial charge in [0.2, 0.25) is 0 Å². The van der Waals surface area contributed by atoms with E-state index in [1.165, 1.54) is 0 Å². The number of nitrogens with zero attached hydrogens (tertiary/aromatic N) is 1. The molecule has 0 radical (unpaired) electrons. The molecule has 0 saturated carbocycles. The maximum atomic E-state index is 6.28. The fourth-order valence-corrected chi connectivity index (χ4v) is 4.37. The Morgan fingerprint density at radius 1 is 0.973 bits per heavy atom. The molecule has 0 aromatic heterocycles. The van der Waals surface area contributed by atoms with E-state index in [0.717, 1.165) is 61.4 Å². The summed E-state index contributed by atoms with van der Waals surface area (Å²) in [6, 6.07) is 19.4. The molecule has 184 valence electrons. The van der Waals surface area contributed by atoms with Crippen molar-refractivity contribution in [2.75, 3.05) is 0 Å². The number of hydrogen-bond acceptors (Lipinski definition) is 2. The molecule has 37 heavy (non-hydrogen) atoms. The number of allylic oxidation sites excluding steroid dienone is 10. The number of halogens is 1. The lowest BCUT2D eigenvalue weighted by molar-refractivity contribution is 0.445. The highest BCUT2D eigenvalue weighted by atomic mass is 35.5. The second kappa shape index (κ2) is 11.7. The molecule has 1 aliphatic rings. The number of hydrogen-bond donors (Lipinski definition) is 0. The molecule has 3 aromatic rings. The zero-order valence-electron chi connectivity index (χ0n) is 21.5. The maximum absolute atomic E-state index is 6.28. The topological polar surface area (TPSA) is 21.6 Å². The van der Waals surface area contributed by atoms with Gasteiger partial charge in [0.25, 0.3) is 0 Å². The van der Waals surface area contributed by atoms with Crippen LogP contribution in [0.5, 0.6) is 5.75 Å². The first-order valence-electron chi connectivity index (χ1n) is 12.2. The zero-order chi connectivity index (χ0) is 26.4. The average Bonchev–Trinajstić information content (AvgIpc) is 2.91. The summed E-state index contributed by atoms with van der Waals surface area (Å²) in [5, 5.41) is 2.48. The lowest BCUT2D eigenvalue weighted by Crippen LogP contribution is -2.02. The first kappa shape index (κ1) is 25.9. The minimum atomic E-state index is 0.269. The lowest BCUT2D eigenvalue weighted by Gasteiger charge is -2.14. The van der Waals surface area contributed by atoms with E-state index in [0.29, 0.717) is 0 Å². The number of aryl methyl sites for hydroxylation is 1. The summed E-state index contributed by atoms with van der Waals surface area (Å²) in [5.41, 5.74) is 7.50. The Morgan fingerprint density at radius 2 is 1.70 bits per heavy atom. The van der Waals surface area contributed by atoms with Crippen LogP contribution in [0.2, 0.25) is 0 Å². The summed E-state index contributed by atoms with van der Waals surface area (Å²) in [7, 11) is 0. The van der Waals surface area contributed by atoms with Crippen LogP contribution in [0.3, 0.4) is 0 Å². The van der Waals surface area contributed by atoms with E-state index in [9.17, 15) is 0 Å². The average molecular weight is 504 g/mol. The molecule has 0 unspecified atom stereocenters. The summed E-state index contributed by atoms with van der Waals surface area (Å²) in [6.45, 7) is 13.6. The summed E-state index contributed by atoms with van der Waals surface area (Å²) < 4.78 is 6.28. The van der Waals surface area contributed by atoms with Crippen LogP contribution < -0.4 is 4.74 Å². The van der Waals surface area contributed by atoms with Crippen molar-refractivity contribution in [1.82, 2.24) is 0 Å². The molecule has 1 aliphatic carbocycles. The van der Waals surface area contributed by atoms with Gasteiger partial charge in [0.15, 0.2) is 0 Å². The van der Waals surface area contributed by atoms with Crippen LogP contribution in [0, 0.1) is 6.92 Å². The predicted molar refractivity (Wildman–Crippen MR) is 161 cm³/mol. The molecule has 2 nitrogen and oxygen atoms in total. The highest BCUT2D eigenvalue weighted by molar-refractivity contribution is 6.30. The van der Waals surface area contributed by atoms with E-state index in [-0.39, 0.29) is 5.16 Å². The largest absolute Gasteiger partial charge is 0.457 e. The van der Waals surface area contributed by atoms with Crippen LogP contribution in [0.15, 0.2) is 138 Å². The molecule has 0 bridgehead atoms. The van der Waals surface area contributed by atoms with Gasteiger partial charge in [0.1, 0.15) is 16.7 Å². The van der Waals surface area contributed by atoms with Crippen LogP contribution in [0.4, 0.5) is 0 Å². The van der Waals surface area contributed by atoms with Crippen LogP contribution in [0.1, 0.15) is 25.0 Å². The monoisotopic (exact) mass is 503 g/mol.